The van der Waals surface area contributed by atoms with Crippen molar-refractivity contribution in [3.05, 3.63) is 82.9 Å². The summed E-state index contributed by atoms with van der Waals surface area (Å²) >= 11 is 0. The van der Waals surface area contributed by atoms with Gasteiger partial charge in [-0.1, -0.05) is 18.2 Å². The molecule has 0 aliphatic rings. The molecule has 3 aromatic carbocycles. The largest absolute Gasteiger partial charge is 0.478 e. The van der Waals surface area contributed by atoms with Crippen LogP contribution in [-0.2, 0) is 0 Å². The lowest BCUT2D eigenvalue weighted by molar-refractivity contribution is 0.0649. The molecule has 0 radical (unpaired) electrons. The summed E-state index contributed by atoms with van der Waals surface area (Å²) in [5.74, 6) is -6.20. The normalized spacial score (nSPS) is 10.2. The quantitative estimate of drug-likeness (QED) is 0.402. The maximum atomic E-state index is 11.6. The van der Waals surface area contributed by atoms with Gasteiger partial charge in [0.1, 0.15) is 34.1 Å². The van der Waals surface area contributed by atoms with Gasteiger partial charge in [0.25, 0.3) is 0 Å². The van der Waals surface area contributed by atoms with Crippen LogP contribution in [0.25, 0.3) is 0 Å². The third-order valence-electron chi connectivity index (χ3n) is 4.20. The summed E-state index contributed by atoms with van der Waals surface area (Å²) in [5, 5.41) is 37.2. The highest BCUT2D eigenvalue weighted by atomic mass is 16.5. The predicted molar refractivity (Wildman–Crippen MR) is 107 cm³/mol. The van der Waals surface area contributed by atoms with E-state index in [1.807, 2.05) is 0 Å². The van der Waals surface area contributed by atoms with Crippen molar-refractivity contribution in [3.63, 3.8) is 0 Å². The van der Waals surface area contributed by atoms with Gasteiger partial charge in [0.05, 0.1) is 11.1 Å². The lowest BCUT2D eigenvalue weighted by Gasteiger charge is -2.13. The Morgan fingerprint density at radius 2 is 0.906 bits per heavy atom. The molecule has 10 heteroatoms. The van der Waals surface area contributed by atoms with Crippen LogP contribution in [0.2, 0.25) is 0 Å². The summed E-state index contributed by atoms with van der Waals surface area (Å²) < 4.78 is 11.1. The molecule has 0 unspecified atom stereocenters. The summed E-state index contributed by atoms with van der Waals surface area (Å²) in [6, 6.07) is 13.1. The van der Waals surface area contributed by atoms with Gasteiger partial charge in [-0.25, -0.2) is 19.2 Å². The van der Waals surface area contributed by atoms with E-state index in [-0.39, 0.29) is 23.0 Å². The average molecular weight is 438 g/mol. The maximum absolute atomic E-state index is 11.6. The Balaban J connectivity index is 1.97. The summed E-state index contributed by atoms with van der Waals surface area (Å²) in [4.78, 5) is 45.8. The smallest absolute Gasteiger partial charge is 0.340 e. The summed E-state index contributed by atoms with van der Waals surface area (Å²) in [7, 11) is 0. The molecule has 0 amide bonds. The van der Waals surface area contributed by atoms with E-state index in [0.29, 0.717) is 0 Å². The lowest BCUT2D eigenvalue weighted by atomic mass is 10.1. The lowest BCUT2D eigenvalue weighted by Crippen LogP contribution is -2.10. The predicted octanol–water partition coefficient (Wildman–Crippen LogP) is 4.06. The Bertz CT molecular complexity index is 1150. The molecule has 32 heavy (non-hydrogen) atoms. The van der Waals surface area contributed by atoms with E-state index in [4.69, 9.17) is 9.47 Å². The molecule has 3 rings (SSSR count). The fourth-order valence-corrected chi connectivity index (χ4v) is 2.89. The molecule has 3 aromatic rings. The standard InChI is InChI=1S/C22H14O10/c23-19(24)13-6-2-8-15(17(13)21(27)28)31-11-4-1-5-12(10-11)32-16-9-3-7-14(20(25)26)18(16)22(29)30/h1-10H,(H,23,24)(H,25,26)(H,27,28)(H,29,30). The number of aromatic carboxylic acids is 4. The van der Waals surface area contributed by atoms with Crippen LogP contribution in [0.1, 0.15) is 41.4 Å². The second-order valence-corrected chi connectivity index (χ2v) is 6.26. The molecule has 162 valence electrons. The molecule has 10 nitrogen and oxygen atoms in total. The highest BCUT2D eigenvalue weighted by Crippen LogP contribution is 2.33. The Morgan fingerprint density at radius 1 is 0.531 bits per heavy atom. The number of rotatable bonds is 8. The molecule has 0 heterocycles. The fraction of sp³-hybridized carbons (Fsp3) is 0. The first kappa shape index (κ1) is 21.8. The molecule has 0 saturated carbocycles. The third kappa shape index (κ3) is 4.49. The average Bonchev–Trinajstić information content (AvgIpc) is 2.73. The van der Waals surface area contributed by atoms with E-state index < -0.39 is 46.1 Å². The first-order valence-corrected chi connectivity index (χ1v) is 8.84. The summed E-state index contributed by atoms with van der Waals surface area (Å²) in [5.41, 5.74) is -2.01. The van der Waals surface area contributed by atoms with Gasteiger partial charge in [0.15, 0.2) is 0 Å². The van der Waals surface area contributed by atoms with Crippen LogP contribution in [0, 0.1) is 0 Å². The number of hydrogen-bond donors (Lipinski definition) is 4. The second kappa shape index (κ2) is 8.88. The van der Waals surface area contributed by atoms with E-state index >= 15 is 0 Å². The van der Waals surface area contributed by atoms with Crippen molar-refractivity contribution in [2.45, 2.75) is 0 Å². The Hall–Kier alpha value is -4.86. The van der Waals surface area contributed by atoms with Gasteiger partial charge in [0.2, 0.25) is 0 Å². The molecule has 4 N–H and O–H groups in total. The van der Waals surface area contributed by atoms with Crippen molar-refractivity contribution in [2.75, 3.05) is 0 Å². The summed E-state index contributed by atoms with van der Waals surface area (Å²) in [6.45, 7) is 0. The Kier molecular flexibility index (Phi) is 6.06. The van der Waals surface area contributed by atoms with Crippen LogP contribution < -0.4 is 9.47 Å². The molecule has 0 spiro atoms. The molecule has 0 fully saturated rings. The molecule has 0 aliphatic carbocycles. The zero-order valence-electron chi connectivity index (χ0n) is 16.0. The second-order valence-electron chi connectivity index (χ2n) is 6.26. The Morgan fingerprint density at radius 3 is 1.25 bits per heavy atom. The molecule has 0 atom stereocenters. The molecular weight excluding hydrogens is 424 g/mol. The zero-order chi connectivity index (χ0) is 23.4. The van der Waals surface area contributed by atoms with Crippen molar-refractivity contribution in [1.82, 2.24) is 0 Å². The van der Waals surface area contributed by atoms with Gasteiger partial charge in [-0.05, 0) is 36.4 Å². The number of carboxylic acid groups (broad SMARTS) is 4. The monoisotopic (exact) mass is 438 g/mol. The van der Waals surface area contributed by atoms with Crippen LogP contribution >= 0.6 is 0 Å². The zero-order valence-corrected chi connectivity index (χ0v) is 16.0. The minimum atomic E-state index is -1.50. The van der Waals surface area contributed by atoms with Gasteiger partial charge in [-0.3, -0.25) is 0 Å². The first-order valence-electron chi connectivity index (χ1n) is 8.84. The number of carboxylic acids is 4. The molecule has 0 bridgehead atoms. The Labute approximate surface area is 179 Å². The van der Waals surface area contributed by atoms with Crippen molar-refractivity contribution >= 4 is 23.9 Å². The number of ether oxygens (including phenoxy) is 2. The molecule has 0 saturated heterocycles. The highest BCUT2D eigenvalue weighted by Gasteiger charge is 2.23. The fourth-order valence-electron chi connectivity index (χ4n) is 2.89. The first-order chi connectivity index (χ1) is 15.2. The van der Waals surface area contributed by atoms with E-state index in [2.05, 4.69) is 0 Å². The van der Waals surface area contributed by atoms with Crippen molar-refractivity contribution in [1.29, 1.82) is 0 Å². The van der Waals surface area contributed by atoms with E-state index in [9.17, 15) is 39.6 Å². The van der Waals surface area contributed by atoms with E-state index in [1.54, 1.807) is 0 Å². The maximum Gasteiger partial charge on any atom is 0.340 e. The molecule has 0 aliphatic heterocycles. The van der Waals surface area contributed by atoms with Gasteiger partial charge in [0, 0.05) is 6.07 Å². The van der Waals surface area contributed by atoms with Crippen LogP contribution in [0.5, 0.6) is 23.0 Å². The van der Waals surface area contributed by atoms with Crippen LogP contribution in [0.4, 0.5) is 0 Å². The van der Waals surface area contributed by atoms with E-state index in [1.165, 1.54) is 48.5 Å². The van der Waals surface area contributed by atoms with Gasteiger partial charge < -0.3 is 29.9 Å². The third-order valence-corrected chi connectivity index (χ3v) is 4.20. The highest BCUT2D eigenvalue weighted by molar-refractivity contribution is 6.04. The van der Waals surface area contributed by atoms with Gasteiger partial charge in [-0.15, -0.1) is 0 Å². The number of benzene rings is 3. The molecule has 0 aromatic heterocycles. The van der Waals surface area contributed by atoms with E-state index in [0.717, 1.165) is 12.1 Å². The van der Waals surface area contributed by atoms with Crippen molar-refractivity contribution in [2.24, 2.45) is 0 Å². The number of carbonyl (C=O) groups is 4. The SMILES string of the molecule is O=C(O)c1cccc(Oc2cccc(Oc3cccc(C(=O)O)c3C(=O)O)c2)c1C(=O)O. The van der Waals surface area contributed by atoms with Crippen molar-refractivity contribution in [3.8, 4) is 23.0 Å². The van der Waals surface area contributed by atoms with Crippen LogP contribution in [0.15, 0.2) is 60.7 Å². The minimum absolute atomic E-state index is 0.0683. The summed E-state index contributed by atoms with van der Waals surface area (Å²) in [6.07, 6.45) is 0. The number of hydrogen-bond acceptors (Lipinski definition) is 6. The van der Waals surface area contributed by atoms with Gasteiger partial charge >= 0.3 is 23.9 Å². The van der Waals surface area contributed by atoms with Crippen molar-refractivity contribution < 1.29 is 49.1 Å². The van der Waals surface area contributed by atoms with Gasteiger partial charge in [-0.2, -0.15) is 0 Å². The van der Waals surface area contributed by atoms with Crippen LogP contribution in [0.3, 0.4) is 0 Å². The minimum Gasteiger partial charge on any atom is -0.478 e. The molecular formula is C22H14O10. The topological polar surface area (TPSA) is 168 Å². The van der Waals surface area contributed by atoms with Crippen LogP contribution in [-0.4, -0.2) is 44.3 Å².